The fourth-order valence-corrected chi connectivity index (χ4v) is 1.91. The number of hydrogen-bond donors (Lipinski definition) is 3. The minimum Gasteiger partial charge on any atom is -0.486 e. The maximum atomic E-state index is 12.9. The molecule has 0 saturated carbocycles. The van der Waals surface area contributed by atoms with Crippen LogP contribution in [0.15, 0.2) is 54.6 Å². The van der Waals surface area contributed by atoms with E-state index in [2.05, 4.69) is 5.32 Å². The summed E-state index contributed by atoms with van der Waals surface area (Å²) in [6, 6.07) is 16.2. The lowest BCUT2D eigenvalue weighted by Crippen LogP contribution is -2.16. The van der Waals surface area contributed by atoms with Gasteiger partial charge in [-0.25, -0.2) is 14.0 Å². The summed E-state index contributed by atoms with van der Waals surface area (Å²) in [5.74, 6) is -3.21. The number of hydrogen-bond acceptors (Lipinski definition) is 4. The highest BCUT2D eigenvalue weighted by Crippen LogP contribution is 2.24. The van der Waals surface area contributed by atoms with Crippen LogP contribution in [0, 0.1) is 5.82 Å². The zero-order valence-corrected chi connectivity index (χ0v) is 13.7. The van der Waals surface area contributed by atoms with Crippen molar-refractivity contribution in [3.05, 3.63) is 66.0 Å². The van der Waals surface area contributed by atoms with Crippen molar-refractivity contribution in [2.45, 2.75) is 12.5 Å². The van der Waals surface area contributed by atoms with E-state index in [1.54, 1.807) is 12.1 Å². The summed E-state index contributed by atoms with van der Waals surface area (Å²) >= 11 is 0. The minimum atomic E-state index is -1.82. The predicted molar refractivity (Wildman–Crippen MR) is 90.0 cm³/mol. The topological polar surface area (TPSA) is 95.9 Å². The second kappa shape index (κ2) is 10.8. The van der Waals surface area contributed by atoms with E-state index in [1.165, 1.54) is 12.1 Å². The molecule has 0 spiro atoms. The third kappa shape index (κ3) is 7.94. The normalized spacial score (nSPS) is 11.0. The minimum absolute atomic E-state index is 0.0286. The number of benzene rings is 2. The average molecular weight is 349 g/mol. The van der Waals surface area contributed by atoms with Crippen LogP contribution in [0.1, 0.15) is 18.1 Å². The molecule has 0 saturated heterocycles. The maximum Gasteiger partial charge on any atom is 0.414 e. The Kier molecular flexibility index (Phi) is 8.67. The average Bonchev–Trinajstić information content (AvgIpc) is 2.61. The Hall–Kier alpha value is -2.93. The Labute approximate surface area is 144 Å². The quantitative estimate of drug-likeness (QED) is 0.694. The van der Waals surface area contributed by atoms with Crippen molar-refractivity contribution in [2.24, 2.45) is 0 Å². The summed E-state index contributed by atoms with van der Waals surface area (Å²) in [7, 11) is 1.92. The lowest BCUT2D eigenvalue weighted by atomic mass is 10.1. The van der Waals surface area contributed by atoms with Gasteiger partial charge in [-0.2, -0.15) is 0 Å². The molecule has 134 valence electrons. The Morgan fingerprint density at radius 2 is 1.60 bits per heavy atom. The Bertz CT molecular complexity index is 649. The van der Waals surface area contributed by atoms with Crippen molar-refractivity contribution in [3.63, 3.8) is 0 Å². The van der Waals surface area contributed by atoms with E-state index in [4.69, 9.17) is 24.5 Å². The molecule has 0 heterocycles. The molecular weight excluding hydrogens is 329 g/mol. The van der Waals surface area contributed by atoms with Crippen molar-refractivity contribution in [1.82, 2.24) is 5.32 Å². The van der Waals surface area contributed by atoms with Gasteiger partial charge in [-0.05, 0) is 43.4 Å². The molecule has 0 radical (unpaired) electrons. The number of rotatable bonds is 6. The second-order valence-electron chi connectivity index (χ2n) is 4.97. The molecule has 2 aromatic carbocycles. The van der Waals surface area contributed by atoms with Crippen molar-refractivity contribution in [2.75, 3.05) is 13.6 Å². The molecule has 0 amide bonds. The van der Waals surface area contributed by atoms with Gasteiger partial charge in [0.15, 0.2) is 0 Å². The first-order valence-electron chi connectivity index (χ1n) is 7.52. The Morgan fingerprint density at radius 3 is 2.08 bits per heavy atom. The van der Waals surface area contributed by atoms with Crippen LogP contribution in [0.2, 0.25) is 0 Å². The van der Waals surface area contributed by atoms with E-state index in [0.29, 0.717) is 5.75 Å². The number of carbonyl (C=O) groups is 2. The molecule has 2 rings (SSSR count). The van der Waals surface area contributed by atoms with Crippen LogP contribution in [0.25, 0.3) is 0 Å². The summed E-state index contributed by atoms with van der Waals surface area (Å²) < 4.78 is 18.8. The molecule has 0 fully saturated rings. The van der Waals surface area contributed by atoms with E-state index in [0.717, 1.165) is 18.5 Å². The number of aliphatic carboxylic acids is 2. The second-order valence-corrected chi connectivity index (χ2v) is 4.97. The first-order valence-corrected chi connectivity index (χ1v) is 7.52. The molecule has 25 heavy (non-hydrogen) atoms. The van der Waals surface area contributed by atoms with Crippen molar-refractivity contribution in [3.8, 4) is 5.75 Å². The lowest BCUT2D eigenvalue weighted by Gasteiger charge is -2.19. The largest absolute Gasteiger partial charge is 0.486 e. The van der Waals surface area contributed by atoms with Gasteiger partial charge in [-0.15, -0.1) is 0 Å². The SMILES string of the molecule is CNCCC(Oc1ccc(F)cc1)c1ccccc1.O=C(O)C(=O)O. The van der Waals surface area contributed by atoms with E-state index < -0.39 is 11.9 Å². The van der Waals surface area contributed by atoms with Crippen LogP contribution in [0.3, 0.4) is 0 Å². The standard InChI is InChI=1S/C16H18FNO.C2H2O4/c1-18-12-11-16(13-5-3-2-4-6-13)19-15-9-7-14(17)8-10-15;3-1(4)2(5)6/h2-10,16,18H,11-12H2,1H3;(H,3,4)(H,5,6). The molecule has 1 unspecified atom stereocenters. The molecule has 0 aliphatic carbocycles. The Morgan fingerprint density at radius 1 is 1.04 bits per heavy atom. The maximum absolute atomic E-state index is 12.9. The van der Waals surface area contributed by atoms with Gasteiger partial charge in [0.05, 0.1) is 0 Å². The fraction of sp³-hybridized carbons (Fsp3) is 0.222. The third-order valence-electron chi connectivity index (χ3n) is 3.10. The zero-order chi connectivity index (χ0) is 18.7. The number of carboxylic acids is 2. The van der Waals surface area contributed by atoms with Crippen LogP contribution in [-0.4, -0.2) is 35.7 Å². The van der Waals surface area contributed by atoms with Crippen LogP contribution >= 0.6 is 0 Å². The summed E-state index contributed by atoms with van der Waals surface area (Å²) in [5, 5.41) is 17.9. The van der Waals surface area contributed by atoms with Gasteiger partial charge >= 0.3 is 11.9 Å². The van der Waals surface area contributed by atoms with Gasteiger partial charge in [0.2, 0.25) is 0 Å². The van der Waals surface area contributed by atoms with Crippen molar-refractivity contribution >= 4 is 11.9 Å². The monoisotopic (exact) mass is 349 g/mol. The first-order chi connectivity index (χ1) is 11.9. The fourth-order valence-electron chi connectivity index (χ4n) is 1.91. The van der Waals surface area contributed by atoms with Crippen LogP contribution in [0.4, 0.5) is 4.39 Å². The van der Waals surface area contributed by atoms with Crippen molar-refractivity contribution < 1.29 is 28.9 Å². The van der Waals surface area contributed by atoms with Crippen molar-refractivity contribution in [1.29, 1.82) is 0 Å². The molecule has 0 aromatic heterocycles. The number of carboxylic acid groups (broad SMARTS) is 2. The summed E-state index contributed by atoms with van der Waals surface area (Å²) in [6.07, 6.45) is 0.830. The van der Waals surface area contributed by atoms with Crippen LogP contribution in [0.5, 0.6) is 5.75 Å². The molecule has 2 aromatic rings. The molecule has 1 atom stereocenters. The molecular formula is C18H20FNO5. The third-order valence-corrected chi connectivity index (χ3v) is 3.10. The summed E-state index contributed by atoms with van der Waals surface area (Å²) in [5.41, 5.74) is 1.13. The van der Waals surface area contributed by atoms with Gasteiger partial charge in [-0.1, -0.05) is 30.3 Å². The molecule has 7 heteroatoms. The highest BCUT2D eigenvalue weighted by molar-refractivity contribution is 6.27. The highest BCUT2D eigenvalue weighted by atomic mass is 19.1. The summed E-state index contributed by atoms with van der Waals surface area (Å²) in [4.78, 5) is 18.2. The molecule has 3 N–H and O–H groups in total. The molecule has 0 aliphatic rings. The van der Waals surface area contributed by atoms with Gasteiger partial charge in [0.25, 0.3) is 0 Å². The van der Waals surface area contributed by atoms with Crippen LogP contribution < -0.4 is 10.1 Å². The Balaban J connectivity index is 0.000000450. The van der Waals surface area contributed by atoms with E-state index in [1.807, 2.05) is 37.4 Å². The van der Waals surface area contributed by atoms with Gasteiger partial charge in [0.1, 0.15) is 17.7 Å². The highest BCUT2D eigenvalue weighted by Gasteiger charge is 2.12. The number of ether oxygens (including phenoxy) is 1. The summed E-state index contributed by atoms with van der Waals surface area (Å²) in [6.45, 7) is 0.862. The van der Waals surface area contributed by atoms with E-state index in [9.17, 15) is 4.39 Å². The molecule has 0 aliphatic heterocycles. The van der Waals surface area contributed by atoms with E-state index >= 15 is 0 Å². The smallest absolute Gasteiger partial charge is 0.414 e. The first kappa shape index (κ1) is 20.1. The van der Waals surface area contributed by atoms with Gasteiger partial charge in [-0.3, -0.25) is 0 Å². The lowest BCUT2D eigenvalue weighted by molar-refractivity contribution is -0.159. The molecule has 6 nitrogen and oxygen atoms in total. The number of nitrogens with one attached hydrogen (secondary N) is 1. The van der Waals surface area contributed by atoms with Crippen LogP contribution in [-0.2, 0) is 9.59 Å². The number of halogens is 1. The molecule has 0 bridgehead atoms. The van der Waals surface area contributed by atoms with Gasteiger partial charge < -0.3 is 20.3 Å². The van der Waals surface area contributed by atoms with Gasteiger partial charge in [0, 0.05) is 6.42 Å². The van der Waals surface area contributed by atoms with E-state index in [-0.39, 0.29) is 11.9 Å². The zero-order valence-electron chi connectivity index (χ0n) is 13.7. The predicted octanol–water partition coefficient (Wildman–Crippen LogP) is 2.71.